The van der Waals surface area contributed by atoms with Crippen molar-refractivity contribution in [3.63, 3.8) is 0 Å². The minimum atomic E-state index is -0.256. The fourth-order valence-electron chi connectivity index (χ4n) is 3.32. The van der Waals surface area contributed by atoms with E-state index < -0.39 is 0 Å². The summed E-state index contributed by atoms with van der Waals surface area (Å²) in [5.74, 6) is -0.256. The molecule has 0 spiro atoms. The summed E-state index contributed by atoms with van der Waals surface area (Å²) >= 11 is 0. The van der Waals surface area contributed by atoms with Gasteiger partial charge in [0, 0.05) is 5.57 Å². The van der Waals surface area contributed by atoms with Crippen LogP contribution in [0.25, 0.3) is 0 Å². The Morgan fingerprint density at radius 1 is 0.731 bits per heavy atom. The van der Waals surface area contributed by atoms with E-state index in [4.69, 9.17) is 4.74 Å². The molecule has 0 rings (SSSR count). The van der Waals surface area contributed by atoms with Crippen LogP contribution in [0.1, 0.15) is 130 Å². The summed E-state index contributed by atoms with van der Waals surface area (Å²) < 4.78 is 5.30. The number of unbranched alkanes of at least 4 members (excludes halogenated alkanes) is 15. The SMILES string of the molecule is C=C(C)C(=O)OC(C)CCCCCCCCCCCCCCCCCC. The maximum atomic E-state index is 11.4. The molecular formula is C24H46O2. The highest BCUT2D eigenvalue weighted by Crippen LogP contribution is 2.15. The highest BCUT2D eigenvalue weighted by molar-refractivity contribution is 5.87. The van der Waals surface area contributed by atoms with Crippen molar-refractivity contribution in [2.24, 2.45) is 0 Å². The molecule has 0 saturated heterocycles. The van der Waals surface area contributed by atoms with E-state index in [-0.39, 0.29) is 12.1 Å². The van der Waals surface area contributed by atoms with Crippen molar-refractivity contribution in [1.82, 2.24) is 0 Å². The normalized spacial score (nSPS) is 12.1. The standard InChI is InChI=1S/C24H46O2/c1-5-6-7-8-9-10-11-12-13-14-15-16-17-18-19-20-21-23(4)26-24(25)22(2)3/h23H,2,5-21H2,1,3-4H3. The third-order valence-electron chi connectivity index (χ3n) is 5.12. The lowest BCUT2D eigenvalue weighted by atomic mass is 10.0. The summed E-state index contributed by atoms with van der Waals surface area (Å²) in [6, 6.07) is 0. The lowest BCUT2D eigenvalue weighted by Crippen LogP contribution is -2.15. The molecule has 1 atom stereocenters. The average Bonchev–Trinajstić information content (AvgIpc) is 2.61. The lowest BCUT2D eigenvalue weighted by Gasteiger charge is -2.12. The van der Waals surface area contributed by atoms with Gasteiger partial charge >= 0.3 is 5.97 Å². The van der Waals surface area contributed by atoms with Crippen LogP contribution >= 0.6 is 0 Å². The van der Waals surface area contributed by atoms with E-state index in [1.807, 2.05) is 6.92 Å². The Kier molecular flexibility index (Phi) is 18.4. The highest BCUT2D eigenvalue weighted by Gasteiger charge is 2.09. The van der Waals surface area contributed by atoms with Gasteiger partial charge in [0.2, 0.25) is 0 Å². The molecule has 0 heterocycles. The number of esters is 1. The van der Waals surface area contributed by atoms with Crippen LogP contribution in [0, 0.1) is 0 Å². The van der Waals surface area contributed by atoms with E-state index in [0.717, 1.165) is 12.8 Å². The first-order chi connectivity index (χ1) is 12.6. The lowest BCUT2D eigenvalue weighted by molar-refractivity contribution is -0.143. The summed E-state index contributed by atoms with van der Waals surface area (Å²) in [5, 5.41) is 0. The minimum Gasteiger partial charge on any atom is -0.459 e. The second-order valence-electron chi connectivity index (χ2n) is 8.09. The molecule has 0 aliphatic carbocycles. The zero-order valence-electron chi connectivity index (χ0n) is 18.1. The molecular weight excluding hydrogens is 320 g/mol. The van der Waals surface area contributed by atoms with E-state index in [0.29, 0.717) is 5.57 Å². The molecule has 0 aromatic heterocycles. The fourth-order valence-corrected chi connectivity index (χ4v) is 3.32. The monoisotopic (exact) mass is 366 g/mol. The van der Waals surface area contributed by atoms with Gasteiger partial charge in [-0.3, -0.25) is 0 Å². The number of rotatable bonds is 19. The molecule has 0 aliphatic rings. The highest BCUT2D eigenvalue weighted by atomic mass is 16.5. The van der Waals surface area contributed by atoms with Gasteiger partial charge in [-0.15, -0.1) is 0 Å². The maximum absolute atomic E-state index is 11.4. The van der Waals surface area contributed by atoms with Crippen LogP contribution in [0.3, 0.4) is 0 Å². The van der Waals surface area contributed by atoms with Gasteiger partial charge in [0.25, 0.3) is 0 Å². The number of hydrogen-bond donors (Lipinski definition) is 0. The maximum Gasteiger partial charge on any atom is 0.333 e. The molecule has 0 saturated carbocycles. The van der Waals surface area contributed by atoms with E-state index in [2.05, 4.69) is 13.5 Å². The second-order valence-corrected chi connectivity index (χ2v) is 8.09. The molecule has 1 unspecified atom stereocenters. The van der Waals surface area contributed by atoms with Crippen molar-refractivity contribution in [2.45, 2.75) is 136 Å². The first-order valence-electron chi connectivity index (χ1n) is 11.4. The van der Waals surface area contributed by atoms with Gasteiger partial charge in [-0.25, -0.2) is 4.79 Å². The largest absolute Gasteiger partial charge is 0.459 e. The number of hydrogen-bond acceptors (Lipinski definition) is 2. The smallest absolute Gasteiger partial charge is 0.333 e. The number of ether oxygens (including phenoxy) is 1. The van der Waals surface area contributed by atoms with Crippen LogP contribution in [0.15, 0.2) is 12.2 Å². The van der Waals surface area contributed by atoms with Crippen molar-refractivity contribution < 1.29 is 9.53 Å². The van der Waals surface area contributed by atoms with Crippen molar-refractivity contribution in [3.05, 3.63) is 12.2 Å². The Morgan fingerprint density at radius 3 is 1.42 bits per heavy atom. The minimum absolute atomic E-state index is 0.0193. The number of carbonyl (C=O) groups excluding carboxylic acids is 1. The molecule has 0 bridgehead atoms. The van der Waals surface area contributed by atoms with Crippen LogP contribution in [0.4, 0.5) is 0 Å². The molecule has 2 nitrogen and oxygen atoms in total. The van der Waals surface area contributed by atoms with Crippen LogP contribution in [-0.2, 0) is 9.53 Å². The van der Waals surface area contributed by atoms with Crippen molar-refractivity contribution in [2.75, 3.05) is 0 Å². The molecule has 0 aliphatic heterocycles. The van der Waals surface area contributed by atoms with E-state index in [1.165, 1.54) is 96.3 Å². The van der Waals surface area contributed by atoms with E-state index in [1.54, 1.807) is 6.92 Å². The summed E-state index contributed by atoms with van der Waals surface area (Å²) in [6.45, 7) is 9.57. The topological polar surface area (TPSA) is 26.3 Å². The predicted molar refractivity (Wildman–Crippen MR) is 115 cm³/mol. The first kappa shape index (κ1) is 25.2. The van der Waals surface area contributed by atoms with E-state index in [9.17, 15) is 4.79 Å². The molecule has 0 N–H and O–H groups in total. The zero-order chi connectivity index (χ0) is 19.5. The summed E-state index contributed by atoms with van der Waals surface area (Å²) in [4.78, 5) is 11.4. The molecule has 2 heteroatoms. The Hall–Kier alpha value is -0.790. The summed E-state index contributed by atoms with van der Waals surface area (Å²) in [5.41, 5.74) is 0.490. The fraction of sp³-hybridized carbons (Fsp3) is 0.875. The Balaban J connectivity index is 3.17. The van der Waals surface area contributed by atoms with Crippen LogP contribution in [-0.4, -0.2) is 12.1 Å². The Bertz CT molecular complexity index is 335. The van der Waals surface area contributed by atoms with Crippen molar-refractivity contribution >= 4 is 5.97 Å². The van der Waals surface area contributed by atoms with E-state index >= 15 is 0 Å². The summed E-state index contributed by atoms with van der Waals surface area (Å²) in [7, 11) is 0. The van der Waals surface area contributed by atoms with Gasteiger partial charge in [-0.2, -0.15) is 0 Å². The van der Waals surface area contributed by atoms with Gasteiger partial charge < -0.3 is 4.74 Å². The summed E-state index contributed by atoms with van der Waals surface area (Å²) in [6.07, 6.45) is 23.2. The van der Waals surface area contributed by atoms with Gasteiger partial charge in [-0.05, 0) is 26.7 Å². The van der Waals surface area contributed by atoms with Gasteiger partial charge in [0.15, 0.2) is 0 Å². The molecule has 0 aromatic carbocycles. The van der Waals surface area contributed by atoms with Crippen LogP contribution in [0.5, 0.6) is 0 Å². The Morgan fingerprint density at radius 2 is 1.08 bits per heavy atom. The first-order valence-corrected chi connectivity index (χ1v) is 11.4. The Labute approximate surface area is 164 Å². The third kappa shape index (κ3) is 18.0. The average molecular weight is 367 g/mol. The zero-order valence-corrected chi connectivity index (χ0v) is 18.1. The van der Waals surface area contributed by atoms with Crippen LogP contribution < -0.4 is 0 Å². The van der Waals surface area contributed by atoms with Crippen molar-refractivity contribution in [3.8, 4) is 0 Å². The molecule has 26 heavy (non-hydrogen) atoms. The predicted octanol–water partition coefficient (Wildman–Crippen LogP) is 8.15. The molecule has 0 aromatic rings. The van der Waals surface area contributed by atoms with Crippen LogP contribution in [0.2, 0.25) is 0 Å². The second kappa shape index (κ2) is 19.0. The van der Waals surface area contributed by atoms with Gasteiger partial charge in [0.05, 0.1) is 6.10 Å². The number of carbonyl (C=O) groups is 1. The van der Waals surface area contributed by atoms with Gasteiger partial charge in [-0.1, -0.05) is 110 Å². The molecule has 0 radical (unpaired) electrons. The third-order valence-corrected chi connectivity index (χ3v) is 5.12. The van der Waals surface area contributed by atoms with Gasteiger partial charge in [0.1, 0.15) is 0 Å². The molecule has 154 valence electrons. The van der Waals surface area contributed by atoms with Crippen molar-refractivity contribution in [1.29, 1.82) is 0 Å². The molecule has 0 fully saturated rings. The molecule has 0 amide bonds. The quantitative estimate of drug-likeness (QED) is 0.131.